The lowest BCUT2D eigenvalue weighted by Crippen LogP contribution is -2.45. The molecule has 0 saturated heterocycles. The fourth-order valence-corrected chi connectivity index (χ4v) is 4.59. The van der Waals surface area contributed by atoms with Gasteiger partial charge in [0.2, 0.25) is 0 Å². The van der Waals surface area contributed by atoms with E-state index in [4.69, 9.17) is 10.5 Å². The van der Waals surface area contributed by atoms with E-state index in [-0.39, 0.29) is 24.5 Å². The van der Waals surface area contributed by atoms with Crippen LogP contribution >= 0.6 is 0 Å². The molecule has 3 aromatic rings. The number of hydrogen-bond acceptors (Lipinski definition) is 5. The number of amides is 2. The van der Waals surface area contributed by atoms with Crippen molar-refractivity contribution >= 4 is 17.6 Å². The van der Waals surface area contributed by atoms with Crippen LogP contribution in [0.4, 0.5) is 5.82 Å². The van der Waals surface area contributed by atoms with Crippen LogP contribution in [0.1, 0.15) is 52.0 Å². The van der Waals surface area contributed by atoms with Gasteiger partial charge < -0.3 is 20.3 Å². The van der Waals surface area contributed by atoms with Crippen molar-refractivity contribution < 1.29 is 14.3 Å². The molecule has 2 N–H and O–H groups in total. The number of hydrogen-bond donors (Lipinski definition) is 1. The standard InChI is InChI=1S/C29H34N4O3/c1-32-17-9-2-3-10-18-33(28(34)23-15-16-31-27(30)20-23)24(19-22-11-5-4-6-12-22)21-36-26-14-8-7-13-25(26)29(32)35/h4-8,11-16,20,24H,2-3,9-10,17-19,21H2,1H3,(H2,30,31)/t24-/m0/s1. The maximum absolute atomic E-state index is 13.8. The molecule has 0 aliphatic carbocycles. The summed E-state index contributed by atoms with van der Waals surface area (Å²) in [6.07, 6.45) is 5.93. The van der Waals surface area contributed by atoms with Crippen molar-refractivity contribution in [2.75, 3.05) is 32.5 Å². The van der Waals surface area contributed by atoms with Gasteiger partial charge >= 0.3 is 0 Å². The molecule has 2 aromatic carbocycles. The monoisotopic (exact) mass is 486 g/mol. The zero-order chi connectivity index (χ0) is 25.3. The van der Waals surface area contributed by atoms with Crippen LogP contribution in [0.5, 0.6) is 5.75 Å². The first kappa shape index (κ1) is 25.2. The maximum Gasteiger partial charge on any atom is 0.257 e. The van der Waals surface area contributed by atoms with Gasteiger partial charge in [-0.1, -0.05) is 55.3 Å². The average molecular weight is 487 g/mol. The summed E-state index contributed by atoms with van der Waals surface area (Å²) in [5, 5.41) is 0. The maximum atomic E-state index is 13.8. The van der Waals surface area contributed by atoms with Crippen molar-refractivity contribution in [1.82, 2.24) is 14.8 Å². The summed E-state index contributed by atoms with van der Waals surface area (Å²) in [5.74, 6) is 0.702. The Bertz CT molecular complexity index is 1170. The number of benzene rings is 2. The van der Waals surface area contributed by atoms with Crippen LogP contribution in [0.15, 0.2) is 72.9 Å². The first-order valence-corrected chi connectivity index (χ1v) is 12.6. The van der Waals surface area contributed by atoms with Crippen LogP contribution in [0, 0.1) is 0 Å². The predicted molar refractivity (Wildman–Crippen MR) is 141 cm³/mol. The van der Waals surface area contributed by atoms with Crippen LogP contribution in [0.2, 0.25) is 0 Å². The van der Waals surface area contributed by atoms with Gasteiger partial charge in [0.1, 0.15) is 18.2 Å². The first-order chi connectivity index (χ1) is 17.5. The van der Waals surface area contributed by atoms with Gasteiger partial charge in [-0.15, -0.1) is 0 Å². The van der Waals surface area contributed by atoms with Gasteiger partial charge in [-0.3, -0.25) is 9.59 Å². The van der Waals surface area contributed by atoms with Crippen molar-refractivity contribution in [3.05, 3.63) is 89.6 Å². The summed E-state index contributed by atoms with van der Waals surface area (Å²) in [7, 11) is 1.84. The minimum absolute atomic E-state index is 0.0533. The molecule has 0 spiro atoms. The number of carbonyl (C=O) groups excluding carboxylic acids is 2. The van der Waals surface area contributed by atoms with Crippen LogP contribution in [0.25, 0.3) is 0 Å². The van der Waals surface area contributed by atoms with Gasteiger partial charge in [-0.25, -0.2) is 4.98 Å². The summed E-state index contributed by atoms with van der Waals surface area (Å²) in [5.41, 5.74) is 8.06. The number of ether oxygens (including phenoxy) is 1. The lowest BCUT2D eigenvalue weighted by atomic mass is 10.0. The normalized spacial score (nSPS) is 17.6. The highest BCUT2D eigenvalue weighted by Gasteiger charge is 2.27. The zero-order valence-corrected chi connectivity index (χ0v) is 20.8. The number of rotatable bonds is 3. The minimum atomic E-state index is -0.238. The Balaban J connectivity index is 1.69. The van der Waals surface area contributed by atoms with Crippen LogP contribution in [-0.4, -0.2) is 59.4 Å². The molecule has 36 heavy (non-hydrogen) atoms. The van der Waals surface area contributed by atoms with E-state index in [1.165, 1.54) is 0 Å². The number of para-hydroxylation sites is 1. The Morgan fingerprint density at radius 2 is 1.72 bits per heavy atom. The number of fused-ring (bicyclic) bond motifs is 1. The summed E-state index contributed by atoms with van der Waals surface area (Å²) in [4.78, 5) is 34.6. The Morgan fingerprint density at radius 3 is 2.50 bits per heavy atom. The molecule has 7 nitrogen and oxygen atoms in total. The second kappa shape index (κ2) is 12.2. The number of anilines is 1. The van der Waals surface area contributed by atoms with Crippen molar-refractivity contribution in [1.29, 1.82) is 0 Å². The lowest BCUT2D eigenvalue weighted by molar-refractivity contribution is 0.0599. The fraction of sp³-hybridized carbons (Fsp3) is 0.345. The van der Waals surface area contributed by atoms with E-state index in [0.29, 0.717) is 42.2 Å². The third-order valence-electron chi connectivity index (χ3n) is 6.58. The summed E-state index contributed by atoms with van der Waals surface area (Å²) in [6.45, 7) is 1.55. The first-order valence-electron chi connectivity index (χ1n) is 12.6. The van der Waals surface area contributed by atoms with Gasteiger partial charge in [0.05, 0.1) is 11.6 Å². The van der Waals surface area contributed by atoms with E-state index in [9.17, 15) is 9.59 Å². The SMILES string of the molecule is CN1CCCCCCN(C(=O)c2ccnc(N)c2)[C@@H](Cc2ccccc2)COc2ccccc2C1=O. The number of nitrogens with zero attached hydrogens (tertiary/aromatic N) is 3. The van der Waals surface area contributed by atoms with Crippen molar-refractivity contribution in [3.8, 4) is 5.75 Å². The van der Waals surface area contributed by atoms with Crippen molar-refractivity contribution in [2.24, 2.45) is 0 Å². The number of nitrogen functional groups attached to an aromatic ring is 1. The van der Waals surface area contributed by atoms with Gasteiger partial charge in [0, 0.05) is 31.9 Å². The fourth-order valence-electron chi connectivity index (χ4n) is 4.59. The highest BCUT2D eigenvalue weighted by atomic mass is 16.5. The molecule has 0 bridgehead atoms. The minimum Gasteiger partial charge on any atom is -0.491 e. The predicted octanol–water partition coefficient (Wildman–Crippen LogP) is 4.44. The van der Waals surface area contributed by atoms with E-state index in [1.54, 1.807) is 29.3 Å². The van der Waals surface area contributed by atoms with Crippen LogP contribution in [-0.2, 0) is 6.42 Å². The quantitative estimate of drug-likeness (QED) is 0.591. The number of pyridine rings is 1. The summed E-state index contributed by atoms with van der Waals surface area (Å²) >= 11 is 0. The van der Waals surface area contributed by atoms with Crippen LogP contribution in [0.3, 0.4) is 0 Å². The highest BCUT2D eigenvalue weighted by molar-refractivity contribution is 5.97. The molecule has 2 amide bonds. The molecule has 188 valence electrons. The molecule has 1 aliphatic rings. The molecule has 0 saturated carbocycles. The molecule has 7 heteroatoms. The van der Waals surface area contributed by atoms with Crippen LogP contribution < -0.4 is 10.5 Å². The van der Waals surface area contributed by atoms with E-state index in [2.05, 4.69) is 17.1 Å². The summed E-state index contributed by atoms with van der Waals surface area (Å²) < 4.78 is 6.30. The van der Waals surface area contributed by atoms with Gasteiger partial charge in [-0.05, 0) is 49.1 Å². The van der Waals surface area contributed by atoms with Crippen molar-refractivity contribution in [3.63, 3.8) is 0 Å². The van der Waals surface area contributed by atoms with E-state index in [0.717, 1.165) is 31.2 Å². The molecule has 1 atom stereocenters. The largest absolute Gasteiger partial charge is 0.491 e. The third-order valence-corrected chi connectivity index (χ3v) is 6.58. The molecular formula is C29H34N4O3. The van der Waals surface area contributed by atoms with E-state index in [1.807, 2.05) is 48.3 Å². The number of carbonyl (C=O) groups is 2. The van der Waals surface area contributed by atoms with Gasteiger partial charge in [-0.2, -0.15) is 0 Å². The van der Waals surface area contributed by atoms with E-state index >= 15 is 0 Å². The molecular weight excluding hydrogens is 452 g/mol. The Morgan fingerprint density at radius 1 is 1.00 bits per heavy atom. The number of nitrogens with two attached hydrogens (primary N) is 1. The molecule has 1 aromatic heterocycles. The molecule has 2 heterocycles. The second-order valence-corrected chi connectivity index (χ2v) is 9.26. The smallest absolute Gasteiger partial charge is 0.257 e. The van der Waals surface area contributed by atoms with Gasteiger partial charge in [0.15, 0.2) is 0 Å². The molecule has 4 rings (SSSR count). The van der Waals surface area contributed by atoms with E-state index < -0.39 is 0 Å². The topological polar surface area (TPSA) is 88.8 Å². The molecule has 0 unspecified atom stereocenters. The Kier molecular flexibility index (Phi) is 8.55. The Labute approximate surface area is 212 Å². The highest BCUT2D eigenvalue weighted by Crippen LogP contribution is 2.23. The second-order valence-electron chi connectivity index (χ2n) is 9.26. The lowest BCUT2D eigenvalue weighted by Gasteiger charge is -2.33. The number of aromatic nitrogens is 1. The summed E-state index contributed by atoms with van der Waals surface area (Å²) in [6, 6.07) is 20.5. The molecule has 1 aliphatic heterocycles. The van der Waals surface area contributed by atoms with Gasteiger partial charge in [0.25, 0.3) is 11.8 Å². The average Bonchev–Trinajstić information content (AvgIpc) is 2.90. The van der Waals surface area contributed by atoms with Crippen molar-refractivity contribution in [2.45, 2.75) is 38.1 Å². The Hall–Kier alpha value is -3.87. The molecule has 0 radical (unpaired) electrons. The zero-order valence-electron chi connectivity index (χ0n) is 20.8. The third kappa shape index (κ3) is 6.42. The molecule has 0 fully saturated rings.